The largest absolute Gasteiger partial charge is 0.301 e. The van der Waals surface area contributed by atoms with Gasteiger partial charge in [-0.2, -0.15) is 4.31 Å². The van der Waals surface area contributed by atoms with Crippen molar-refractivity contribution < 1.29 is 8.42 Å². The number of nitrogens with zero attached hydrogens (tertiary/aromatic N) is 2. The first-order valence-corrected chi connectivity index (χ1v) is 10.8. The Hall–Kier alpha value is -1.21. The molecule has 2 aromatic rings. The van der Waals surface area contributed by atoms with Crippen LogP contribution in [0.15, 0.2) is 64.0 Å². The summed E-state index contributed by atoms with van der Waals surface area (Å²) in [6.45, 7) is 3.71. The van der Waals surface area contributed by atoms with Crippen molar-refractivity contribution in [3.63, 3.8) is 0 Å². The Morgan fingerprint density at radius 1 is 0.920 bits per heavy atom. The average molecular weight is 423 g/mol. The lowest BCUT2D eigenvalue weighted by Gasteiger charge is -2.34. The average Bonchev–Trinajstić information content (AvgIpc) is 2.63. The number of aryl methyl sites for hydroxylation is 1. The van der Waals surface area contributed by atoms with E-state index in [1.165, 1.54) is 5.56 Å². The van der Waals surface area contributed by atoms with Crippen LogP contribution in [0.2, 0.25) is 0 Å². The fraction of sp³-hybridized carbons (Fsp3) is 0.368. The minimum Gasteiger partial charge on any atom is -0.301 e. The van der Waals surface area contributed by atoms with Crippen LogP contribution in [0.1, 0.15) is 12.0 Å². The van der Waals surface area contributed by atoms with Gasteiger partial charge < -0.3 is 4.90 Å². The topological polar surface area (TPSA) is 40.6 Å². The van der Waals surface area contributed by atoms with Crippen LogP contribution < -0.4 is 0 Å². The maximum atomic E-state index is 12.7. The van der Waals surface area contributed by atoms with Crippen LogP contribution in [0, 0.1) is 0 Å². The highest BCUT2D eigenvalue weighted by Crippen LogP contribution is 2.21. The molecule has 1 saturated heterocycles. The number of halogens is 1. The fourth-order valence-corrected chi connectivity index (χ4v) is 5.14. The fourth-order valence-electron chi connectivity index (χ4n) is 3.12. The van der Waals surface area contributed by atoms with Crippen LogP contribution in [0.5, 0.6) is 0 Å². The number of piperazine rings is 1. The van der Waals surface area contributed by atoms with E-state index in [-0.39, 0.29) is 0 Å². The molecule has 4 nitrogen and oxygen atoms in total. The van der Waals surface area contributed by atoms with Gasteiger partial charge in [-0.05, 0) is 43.1 Å². The molecule has 0 amide bonds. The molecule has 134 valence electrons. The lowest BCUT2D eigenvalue weighted by atomic mass is 10.1. The minimum atomic E-state index is -3.39. The molecule has 0 atom stereocenters. The summed E-state index contributed by atoms with van der Waals surface area (Å²) in [5.74, 6) is 0. The Balaban J connectivity index is 1.50. The molecule has 0 radical (unpaired) electrons. The summed E-state index contributed by atoms with van der Waals surface area (Å²) in [7, 11) is -3.39. The van der Waals surface area contributed by atoms with Crippen molar-refractivity contribution in [3.05, 3.63) is 64.6 Å². The molecule has 1 aliphatic heterocycles. The van der Waals surface area contributed by atoms with E-state index in [9.17, 15) is 8.42 Å². The predicted octanol–water partition coefficient (Wildman–Crippen LogP) is 3.39. The first-order chi connectivity index (χ1) is 12.1. The van der Waals surface area contributed by atoms with Gasteiger partial charge in [0, 0.05) is 30.7 Å². The van der Waals surface area contributed by atoms with Gasteiger partial charge in [-0.3, -0.25) is 0 Å². The summed E-state index contributed by atoms with van der Waals surface area (Å²) < 4.78 is 27.8. The van der Waals surface area contributed by atoms with E-state index in [0.29, 0.717) is 18.0 Å². The standard InChI is InChI=1S/C19H23BrN2O2S/c20-18-9-4-10-19(16-18)25(23,24)22-14-12-21(13-15-22)11-5-8-17-6-2-1-3-7-17/h1-4,6-7,9-10,16H,5,8,11-15H2. The maximum absolute atomic E-state index is 12.7. The van der Waals surface area contributed by atoms with Crippen molar-refractivity contribution in [2.75, 3.05) is 32.7 Å². The van der Waals surface area contributed by atoms with E-state index >= 15 is 0 Å². The second-order valence-corrected chi connectivity index (χ2v) is 9.15. The number of benzene rings is 2. The quantitative estimate of drug-likeness (QED) is 0.715. The van der Waals surface area contributed by atoms with Crippen LogP contribution in [0.25, 0.3) is 0 Å². The Morgan fingerprint density at radius 3 is 2.32 bits per heavy atom. The zero-order valence-corrected chi connectivity index (χ0v) is 16.5. The van der Waals surface area contributed by atoms with Gasteiger partial charge in [0.15, 0.2) is 0 Å². The Morgan fingerprint density at radius 2 is 1.64 bits per heavy atom. The van der Waals surface area contributed by atoms with Gasteiger partial charge in [0.1, 0.15) is 0 Å². The molecule has 0 bridgehead atoms. The predicted molar refractivity (Wildman–Crippen MR) is 104 cm³/mol. The molecule has 6 heteroatoms. The van der Waals surface area contributed by atoms with Gasteiger partial charge in [-0.25, -0.2) is 8.42 Å². The SMILES string of the molecule is O=S(=O)(c1cccc(Br)c1)N1CCN(CCCc2ccccc2)CC1. The zero-order chi connectivity index (χ0) is 17.7. The molecule has 3 rings (SSSR count). The van der Waals surface area contributed by atoms with Crippen LogP contribution in [0.4, 0.5) is 0 Å². The van der Waals surface area contributed by atoms with Crippen molar-refractivity contribution in [2.45, 2.75) is 17.7 Å². The molecule has 0 saturated carbocycles. The van der Waals surface area contributed by atoms with Crippen molar-refractivity contribution in [2.24, 2.45) is 0 Å². The highest BCUT2D eigenvalue weighted by Gasteiger charge is 2.28. The van der Waals surface area contributed by atoms with E-state index in [1.54, 1.807) is 22.5 Å². The summed E-state index contributed by atoms with van der Waals surface area (Å²) in [5.41, 5.74) is 1.36. The summed E-state index contributed by atoms with van der Waals surface area (Å²) in [6, 6.07) is 17.4. The van der Waals surface area contributed by atoms with Crippen molar-refractivity contribution in [1.82, 2.24) is 9.21 Å². The lowest BCUT2D eigenvalue weighted by Crippen LogP contribution is -2.48. The summed E-state index contributed by atoms with van der Waals surface area (Å²) in [4.78, 5) is 2.72. The molecular formula is C19H23BrN2O2S. The molecule has 0 N–H and O–H groups in total. The smallest absolute Gasteiger partial charge is 0.243 e. The van der Waals surface area contributed by atoms with Crippen LogP contribution in [-0.2, 0) is 16.4 Å². The maximum Gasteiger partial charge on any atom is 0.243 e. The number of sulfonamides is 1. The van der Waals surface area contributed by atoms with Gasteiger partial charge in [-0.1, -0.05) is 52.3 Å². The highest BCUT2D eigenvalue weighted by molar-refractivity contribution is 9.10. The van der Waals surface area contributed by atoms with Crippen molar-refractivity contribution >= 4 is 26.0 Å². The first kappa shape index (κ1) is 18.6. The molecule has 1 heterocycles. The monoisotopic (exact) mass is 422 g/mol. The van der Waals surface area contributed by atoms with E-state index in [4.69, 9.17) is 0 Å². The number of hydrogen-bond acceptors (Lipinski definition) is 3. The third-order valence-electron chi connectivity index (χ3n) is 4.55. The van der Waals surface area contributed by atoms with E-state index in [1.807, 2.05) is 12.1 Å². The normalized spacial score (nSPS) is 16.8. The molecule has 1 fully saturated rings. The number of rotatable bonds is 6. The second-order valence-electron chi connectivity index (χ2n) is 6.29. The summed E-state index contributed by atoms with van der Waals surface area (Å²) in [5, 5.41) is 0. The third kappa shape index (κ3) is 4.91. The molecule has 0 unspecified atom stereocenters. The Bertz CT molecular complexity index is 788. The highest BCUT2D eigenvalue weighted by atomic mass is 79.9. The molecule has 0 spiro atoms. The van der Waals surface area contributed by atoms with Crippen LogP contribution in [0.3, 0.4) is 0 Å². The minimum absolute atomic E-state index is 0.361. The van der Waals surface area contributed by atoms with Crippen LogP contribution in [-0.4, -0.2) is 50.3 Å². The zero-order valence-electron chi connectivity index (χ0n) is 14.1. The first-order valence-electron chi connectivity index (χ1n) is 8.58. The van der Waals surface area contributed by atoms with E-state index < -0.39 is 10.0 Å². The molecule has 0 aromatic heterocycles. The van der Waals surface area contributed by atoms with Crippen molar-refractivity contribution in [3.8, 4) is 0 Å². The second kappa shape index (κ2) is 8.45. The van der Waals surface area contributed by atoms with Crippen LogP contribution >= 0.6 is 15.9 Å². The summed E-state index contributed by atoms with van der Waals surface area (Å²) in [6.07, 6.45) is 2.17. The lowest BCUT2D eigenvalue weighted by molar-refractivity contribution is 0.187. The molecule has 1 aliphatic rings. The molecule has 0 aliphatic carbocycles. The van der Waals surface area contributed by atoms with Crippen molar-refractivity contribution in [1.29, 1.82) is 0 Å². The van der Waals surface area contributed by atoms with E-state index in [0.717, 1.165) is 36.9 Å². The van der Waals surface area contributed by atoms with Gasteiger partial charge in [0.05, 0.1) is 4.90 Å². The van der Waals surface area contributed by atoms with Gasteiger partial charge >= 0.3 is 0 Å². The number of hydrogen-bond donors (Lipinski definition) is 0. The Labute approximate surface area is 158 Å². The molecule has 25 heavy (non-hydrogen) atoms. The molecular weight excluding hydrogens is 400 g/mol. The van der Waals surface area contributed by atoms with Gasteiger partial charge in [0.2, 0.25) is 10.0 Å². The Kier molecular flexibility index (Phi) is 6.28. The third-order valence-corrected chi connectivity index (χ3v) is 6.94. The van der Waals surface area contributed by atoms with Gasteiger partial charge in [0.25, 0.3) is 0 Å². The van der Waals surface area contributed by atoms with E-state index in [2.05, 4.69) is 45.1 Å². The summed E-state index contributed by atoms with van der Waals surface area (Å²) >= 11 is 3.34. The molecule has 2 aromatic carbocycles. The van der Waals surface area contributed by atoms with Gasteiger partial charge in [-0.15, -0.1) is 0 Å².